The normalized spacial score (nSPS) is 11.2. The topological polar surface area (TPSA) is 20.2 Å². The van der Waals surface area contributed by atoms with Crippen molar-refractivity contribution in [2.75, 3.05) is 6.67 Å². The van der Waals surface area contributed by atoms with Gasteiger partial charge in [0.25, 0.3) is 0 Å². The molecule has 0 unspecified atom stereocenters. The molecule has 58 valence electrons. The second kappa shape index (κ2) is 2.97. The molecule has 0 spiro atoms. The van der Waals surface area contributed by atoms with Gasteiger partial charge in [-0.25, -0.2) is 4.39 Å². The van der Waals surface area contributed by atoms with E-state index >= 15 is 0 Å². The molecule has 0 fully saturated rings. The van der Waals surface area contributed by atoms with Crippen molar-refractivity contribution in [3.63, 3.8) is 0 Å². The van der Waals surface area contributed by atoms with Crippen molar-refractivity contribution in [2.45, 2.75) is 19.4 Å². The molecule has 0 aromatic rings. The molecule has 0 amide bonds. The highest BCUT2D eigenvalue weighted by Crippen LogP contribution is 2.22. The largest absolute Gasteiger partial charge is 0.378 e. The van der Waals surface area contributed by atoms with Gasteiger partial charge < -0.3 is 5.11 Å². The van der Waals surface area contributed by atoms with Gasteiger partial charge in [-0.2, -0.15) is 0 Å². The number of rotatable bonds is 3. The molecule has 0 radical (unpaired) electrons. The molecule has 0 aliphatic heterocycles. The van der Waals surface area contributed by atoms with Crippen molar-refractivity contribution in [1.29, 1.82) is 0 Å². The number of aliphatic hydroxyl groups is 1. The van der Waals surface area contributed by atoms with E-state index in [1.807, 2.05) is 0 Å². The van der Waals surface area contributed by atoms with E-state index in [0.717, 1.165) is 0 Å². The van der Waals surface area contributed by atoms with Crippen LogP contribution in [0.4, 0.5) is 4.39 Å². The van der Waals surface area contributed by atoms with Gasteiger partial charge in [-0.15, -0.1) is 0 Å². The van der Waals surface area contributed by atoms with Crippen molar-refractivity contribution in [3.05, 3.63) is 24.3 Å². The van der Waals surface area contributed by atoms with E-state index in [0.29, 0.717) is 11.1 Å². The van der Waals surface area contributed by atoms with Crippen LogP contribution >= 0.6 is 0 Å². The Kier molecular flexibility index (Phi) is 2.78. The molecule has 0 rings (SSSR count). The van der Waals surface area contributed by atoms with Crippen molar-refractivity contribution >= 4 is 0 Å². The summed E-state index contributed by atoms with van der Waals surface area (Å²) >= 11 is 0. The van der Waals surface area contributed by atoms with Crippen LogP contribution in [0.1, 0.15) is 13.8 Å². The smallest absolute Gasteiger partial charge is 0.134 e. The highest BCUT2D eigenvalue weighted by Gasteiger charge is 2.28. The number of halogens is 1. The Hall–Kier alpha value is -0.630. The van der Waals surface area contributed by atoms with E-state index in [1.54, 1.807) is 13.8 Å². The molecule has 0 atom stereocenters. The van der Waals surface area contributed by atoms with E-state index in [9.17, 15) is 9.50 Å². The summed E-state index contributed by atoms with van der Waals surface area (Å²) in [5.74, 6) is 0. The van der Waals surface area contributed by atoms with Gasteiger partial charge in [-0.1, -0.05) is 13.2 Å². The molecule has 0 aromatic heterocycles. The van der Waals surface area contributed by atoms with E-state index in [1.165, 1.54) is 0 Å². The lowest BCUT2D eigenvalue weighted by molar-refractivity contribution is 0.0867. The molecule has 0 aromatic carbocycles. The van der Waals surface area contributed by atoms with Gasteiger partial charge in [0.1, 0.15) is 12.3 Å². The Morgan fingerprint density at radius 2 is 1.70 bits per heavy atom. The number of hydrogen-bond acceptors (Lipinski definition) is 1. The van der Waals surface area contributed by atoms with E-state index in [-0.39, 0.29) is 0 Å². The molecular weight excluding hydrogens is 131 g/mol. The predicted molar refractivity (Wildman–Crippen MR) is 40.6 cm³/mol. The van der Waals surface area contributed by atoms with E-state index in [2.05, 4.69) is 13.2 Å². The summed E-state index contributed by atoms with van der Waals surface area (Å²) in [6.07, 6.45) is 0. The van der Waals surface area contributed by atoms with Crippen LogP contribution < -0.4 is 0 Å². The summed E-state index contributed by atoms with van der Waals surface area (Å²) in [7, 11) is 0. The Bertz CT molecular complexity index is 147. The highest BCUT2D eigenvalue weighted by molar-refractivity contribution is 5.25. The van der Waals surface area contributed by atoms with Crippen LogP contribution in [0.3, 0.4) is 0 Å². The maximum Gasteiger partial charge on any atom is 0.134 e. The van der Waals surface area contributed by atoms with Gasteiger partial charge in [-0.3, -0.25) is 0 Å². The summed E-state index contributed by atoms with van der Waals surface area (Å²) in [5, 5.41) is 9.40. The van der Waals surface area contributed by atoms with Crippen LogP contribution in [0.2, 0.25) is 0 Å². The summed E-state index contributed by atoms with van der Waals surface area (Å²) in [4.78, 5) is 0. The van der Waals surface area contributed by atoms with E-state index in [4.69, 9.17) is 0 Å². The maximum absolute atomic E-state index is 12.2. The third-order valence-corrected chi connectivity index (χ3v) is 1.61. The van der Waals surface area contributed by atoms with Crippen LogP contribution in [-0.4, -0.2) is 17.4 Å². The molecular formula is C8H13FO. The SMILES string of the molecule is C=C(C)C(O)(CF)C(=C)C. The summed E-state index contributed by atoms with van der Waals surface area (Å²) < 4.78 is 12.2. The van der Waals surface area contributed by atoms with Gasteiger partial charge in [0.2, 0.25) is 0 Å². The first-order valence-corrected chi connectivity index (χ1v) is 3.05. The van der Waals surface area contributed by atoms with Gasteiger partial charge in [0, 0.05) is 0 Å². The minimum atomic E-state index is -1.51. The first-order valence-electron chi connectivity index (χ1n) is 3.05. The Labute approximate surface area is 60.9 Å². The zero-order chi connectivity index (χ0) is 8.36. The fourth-order valence-electron chi connectivity index (χ4n) is 0.592. The fourth-order valence-corrected chi connectivity index (χ4v) is 0.592. The molecule has 0 heterocycles. The minimum Gasteiger partial charge on any atom is -0.378 e. The van der Waals surface area contributed by atoms with Gasteiger partial charge in [0.05, 0.1) is 0 Å². The number of alkyl halides is 1. The summed E-state index contributed by atoms with van der Waals surface area (Å²) in [6, 6.07) is 0. The fraction of sp³-hybridized carbons (Fsp3) is 0.500. The Balaban J connectivity index is 4.55. The molecule has 0 saturated carbocycles. The van der Waals surface area contributed by atoms with Crippen molar-refractivity contribution in [2.24, 2.45) is 0 Å². The lowest BCUT2D eigenvalue weighted by Gasteiger charge is -2.25. The molecule has 1 nitrogen and oxygen atoms in total. The van der Waals surface area contributed by atoms with Crippen molar-refractivity contribution in [1.82, 2.24) is 0 Å². The molecule has 0 saturated heterocycles. The van der Waals surface area contributed by atoms with E-state index < -0.39 is 12.3 Å². The zero-order valence-corrected chi connectivity index (χ0v) is 6.45. The Morgan fingerprint density at radius 3 is 1.70 bits per heavy atom. The zero-order valence-electron chi connectivity index (χ0n) is 6.45. The van der Waals surface area contributed by atoms with Crippen molar-refractivity contribution in [3.8, 4) is 0 Å². The van der Waals surface area contributed by atoms with Crippen LogP contribution in [-0.2, 0) is 0 Å². The lowest BCUT2D eigenvalue weighted by Crippen LogP contribution is -2.33. The van der Waals surface area contributed by atoms with Gasteiger partial charge >= 0.3 is 0 Å². The standard InChI is InChI=1S/C8H13FO/c1-6(2)8(10,5-9)7(3)4/h10H,1,3,5H2,2,4H3. The average Bonchev–Trinajstić information content (AvgIpc) is 1.85. The summed E-state index contributed by atoms with van der Waals surface area (Å²) in [5.41, 5.74) is -0.731. The first-order chi connectivity index (χ1) is 4.45. The quantitative estimate of drug-likeness (QED) is 0.599. The third kappa shape index (κ3) is 1.45. The highest BCUT2D eigenvalue weighted by atomic mass is 19.1. The van der Waals surface area contributed by atoms with Crippen LogP contribution in [0.25, 0.3) is 0 Å². The molecule has 2 heteroatoms. The number of hydrogen-bond donors (Lipinski definition) is 1. The average molecular weight is 144 g/mol. The van der Waals surface area contributed by atoms with Crippen LogP contribution in [0.5, 0.6) is 0 Å². The first kappa shape index (κ1) is 9.37. The van der Waals surface area contributed by atoms with Crippen molar-refractivity contribution < 1.29 is 9.50 Å². The van der Waals surface area contributed by atoms with Gasteiger partial charge in [-0.05, 0) is 25.0 Å². The second-order valence-electron chi connectivity index (χ2n) is 2.55. The third-order valence-electron chi connectivity index (χ3n) is 1.61. The second-order valence-corrected chi connectivity index (χ2v) is 2.55. The Morgan fingerprint density at radius 1 is 1.40 bits per heavy atom. The molecule has 10 heavy (non-hydrogen) atoms. The monoisotopic (exact) mass is 144 g/mol. The molecule has 0 aliphatic rings. The summed E-state index contributed by atoms with van der Waals surface area (Å²) in [6.45, 7) is 9.24. The van der Waals surface area contributed by atoms with Crippen LogP contribution in [0, 0.1) is 0 Å². The molecule has 1 N–H and O–H groups in total. The molecule has 0 aliphatic carbocycles. The minimum absolute atomic E-state index is 0.391. The van der Waals surface area contributed by atoms with Crippen LogP contribution in [0.15, 0.2) is 24.3 Å². The lowest BCUT2D eigenvalue weighted by atomic mass is 9.91. The molecule has 0 bridgehead atoms. The predicted octanol–water partition coefficient (Wildman–Crippen LogP) is 1.84. The maximum atomic E-state index is 12.2. The van der Waals surface area contributed by atoms with Gasteiger partial charge in [0.15, 0.2) is 0 Å².